The lowest BCUT2D eigenvalue weighted by atomic mass is 10.2. The number of hydrogen-bond acceptors (Lipinski definition) is 5. The van der Waals surface area contributed by atoms with E-state index in [2.05, 4.69) is 4.98 Å². The summed E-state index contributed by atoms with van der Waals surface area (Å²) in [5.41, 5.74) is 1.75. The molecule has 1 atom stereocenters. The largest absolute Gasteiger partial charge is 0.444 e. The van der Waals surface area contributed by atoms with E-state index in [4.69, 9.17) is 10.00 Å². The van der Waals surface area contributed by atoms with E-state index in [1.54, 1.807) is 29.7 Å². The smallest absolute Gasteiger partial charge is 0.339 e. The van der Waals surface area contributed by atoms with E-state index in [-0.39, 0.29) is 5.56 Å². The van der Waals surface area contributed by atoms with Crippen LogP contribution in [-0.4, -0.2) is 21.6 Å². The van der Waals surface area contributed by atoms with E-state index < -0.39 is 12.1 Å². The molecule has 0 saturated carbocycles. The van der Waals surface area contributed by atoms with Crippen LogP contribution in [-0.2, 0) is 11.3 Å². The fraction of sp³-hybridized carbons (Fsp3) is 0.333. The third-order valence-electron chi connectivity index (χ3n) is 3.13. The summed E-state index contributed by atoms with van der Waals surface area (Å²) in [7, 11) is 0. The quantitative estimate of drug-likeness (QED) is 0.803. The van der Waals surface area contributed by atoms with Gasteiger partial charge in [-0.15, -0.1) is 0 Å². The third-order valence-corrected chi connectivity index (χ3v) is 3.13. The van der Waals surface area contributed by atoms with Crippen molar-refractivity contribution >= 4 is 17.0 Å². The zero-order valence-electron chi connectivity index (χ0n) is 12.1. The molecule has 21 heavy (non-hydrogen) atoms. The van der Waals surface area contributed by atoms with Crippen LogP contribution in [0.4, 0.5) is 0 Å². The molecule has 0 aliphatic rings. The summed E-state index contributed by atoms with van der Waals surface area (Å²) < 4.78 is 6.55. The van der Waals surface area contributed by atoms with Gasteiger partial charge in [0.2, 0.25) is 0 Å². The van der Waals surface area contributed by atoms with Crippen molar-refractivity contribution in [3.63, 3.8) is 0 Å². The van der Waals surface area contributed by atoms with Crippen molar-refractivity contribution in [3.05, 3.63) is 39.8 Å². The molecular weight excluding hydrogens is 270 g/mol. The summed E-state index contributed by atoms with van der Waals surface area (Å²) in [6.07, 6.45) is -0.813. The fourth-order valence-corrected chi connectivity index (χ4v) is 2.07. The molecule has 0 radical (unpaired) electrons. The molecule has 0 unspecified atom stereocenters. The molecule has 0 fully saturated rings. The summed E-state index contributed by atoms with van der Waals surface area (Å²) in [4.78, 5) is 28.1. The van der Waals surface area contributed by atoms with E-state index in [9.17, 15) is 9.59 Å². The third kappa shape index (κ3) is 2.77. The van der Waals surface area contributed by atoms with Crippen molar-refractivity contribution in [1.82, 2.24) is 9.55 Å². The highest BCUT2D eigenvalue weighted by atomic mass is 16.5. The number of aryl methyl sites for hydroxylation is 2. The van der Waals surface area contributed by atoms with Gasteiger partial charge in [-0.2, -0.15) is 5.26 Å². The second-order valence-electron chi connectivity index (χ2n) is 4.63. The van der Waals surface area contributed by atoms with Crippen LogP contribution < -0.4 is 5.56 Å². The van der Waals surface area contributed by atoms with Gasteiger partial charge in [0.15, 0.2) is 6.10 Å². The van der Waals surface area contributed by atoms with Gasteiger partial charge >= 0.3 is 5.97 Å². The molecule has 2 rings (SSSR count). The average Bonchev–Trinajstić information content (AvgIpc) is 2.48. The first-order chi connectivity index (χ1) is 9.97. The summed E-state index contributed by atoms with van der Waals surface area (Å²) in [6.45, 7) is 5.53. The van der Waals surface area contributed by atoms with Crippen LogP contribution in [0.1, 0.15) is 29.9 Å². The monoisotopic (exact) mass is 285 g/mol. The van der Waals surface area contributed by atoms with Crippen molar-refractivity contribution in [3.8, 4) is 6.07 Å². The topological polar surface area (TPSA) is 85.0 Å². The Morgan fingerprint density at radius 3 is 2.86 bits per heavy atom. The molecule has 1 aromatic heterocycles. The van der Waals surface area contributed by atoms with E-state index in [1.165, 1.54) is 6.92 Å². The second kappa shape index (κ2) is 5.75. The minimum absolute atomic E-state index is 0.140. The molecule has 6 heteroatoms. The molecule has 0 spiro atoms. The number of carbonyl (C=O) groups is 1. The SMILES string of the molecule is CCn1c(=O)c(C)nc2cc(C(=O)O[C@H](C)C#N)ccc21. The first-order valence-electron chi connectivity index (χ1n) is 6.59. The van der Waals surface area contributed by atoms with Gasteiger partial charge in [0.1, 0.15) is 11.8 Å². The maximum absolute atomic E-state index is 12.0. The summed E-state index contributed by atoms with van der Waals surface area (Å²) >= 11 is 0. The maximum atomic E-state index is 12.0. The normalized spacial score (nSPS) is 11.9. The van der Waals surface area contributed by atoms with Gasteiger partial charge < -0.3 is 9.30 Å². The number of nitriles is 1. The van der Waals surface area contributed by atoms with Crippen LogP contribution in [0.25, 0.3) is 11.0 Å². The highest BCUT2D eigenvalue weighted by Gasteiger charge is 2.14. The lowest BCUT2D eigenvalue weighted by Crippen LogP contribution is -2.23. The van der Waals surface area contributed by atoms with Gasteiger partial charge in [0.25, 0.3) is 5.56 Å². The Bertz CT molecular complexity index is 802. The average molecular weight is 285 g/mol. The van der Waals surface area contributed by atoms with E-state index >= 15 is 0 Å². The van der Waals surface area contributed by atoms with Crippen LogP contribution in [0.5, 0.6) is 0 Å². The number of aromatic nitrogens is 2. The molecule has 0 saturated heterocycles. The molecule has 2 aromatic rings. The highest BCUT2D eigenvalue weighted by molar-refractivity contribution is 5.93. The molecule has 0 N–H and O–H groups in total. The van der Waals surface area contributed by atoms with Gasteiger partial charge in [-0.1, -0.05) is 0 Å². The summed E-state index contributed by atoms with van der Waals surface area (Å²) in [5, 5.41) is 8.66. The lowest BCUT2D eigenvalue weighted by molar-refractivity contribution is 0.0435. The number of nitrogens with zero attached hydrogens (tertiary/aromatic N) is 3. The first-order valence-corrected chi connectivity index (χ1v) is 6.59. The Kier molecular flexibility index (Phi) is 4.03. The standard InChI is InChI=1S/C15H15N3O3/c1-4-18-13-6-5-11(15(20)21-9(2)8-16)7-12(13)17-10(3)14(18)19/h5-7,9H,4H2,1-3H3/t9-/m1/s1. The molecule has 0 aliphatic heterocycles. The lowest BCUT2D eigenvalue weighted by Gasteiger charge is -2.10. The predicted molar refractivity (Wildman–Crippen MR) is 76.9 cm³/mol. The van der Waals surface area contributed by atoms with Gasteiger partial charge in [-0.3, -0.25) is 4.79 Å². The van der Waals surface area contributed by atoms with Crippen molar-refractivity contribution in [2.45, 2.75) is 33.4 Å². The molecule has 0 bridgehead atoms. The number of hydrogen-bond donors (Lipinski definition) is 0. The zero-order chi connectivity index (χ0) is 15.6. The Morgan fingerprint density at radius 2 is 2.24 bits per heavy atom. The fourth-order valence-electron chi connectivity index (χ4n) is 2.07. The number of rotatable bonds is 3. The number of benzene rings is 1. The maximum Gasteiger partial charge on any atom is 0.339 e. The highest BCUT2D eigenvalue weighted by Crippen LogP contribution is 2.14. The first kappa shape index (κ1) is 14.7. The Morgan fingerprint density at radius 1 is 1.52 bits per heavy atom. The van der Waals surface area contributed by atoms with Crippen LogP contribution in [0.3, 0.4) is 0 Å². The van der Waals surface area contributed by atoms with Gasteiger partial charge in [-0.25, -0.2) is 9.78 Å². The van der Waals surface area contributed by atoms with Gasteiger partial charge in [0.05, 0.1) is 16.6 Å². The van der Waals surface area contributed by atoms with E-state index in [1.807, 2.05) is 13.0 Å². The molecule has 6 nitrogen and oxygen atoms in total. The number of esters is 1. The molecule has 108 valence electrons. The van der Waals surface area contributed by atoms with Crippen molar-refractivity contribution in [2.24, 2.45) is 0 Å². The Hall–Kier alpha value is -2.68. The van der Waals surface area contributed by atoms with Crippen LogP contribution >= 0.6 is 0 Å². The van der Waals surface area contributed by atoms with E-state index in [0.717, 1.165) is 0 Å². The van der Waals surface area contributed by atoms with Crippen molar-refractivity contribution in [2.75, 3.05) is 0 Å². The predicted octanol–water partition coefficient (Wildman–Crippen LogP) is 1.79. The number of fused-ring (bicyclic) bond motifs is 1. The minimum Gasteiger partial charge on any atom is -0.444 e. The second-order valence-corrected chi connectivity index (χ2v) is 4.63. The molecule has 1 heterocycles. The number of carbonyl (C=O) groups excluding carboxylic acids is 1. The minimum atomic E-state index is -0.813. The Labute approximate surface area is 121 Å². The Balaban J connectivity index is 2.53. The van der Waals surface area contributed by atoms with Gasteiger partial charge in [0, 0.05) is 6.54 Å². The van der Waals surface area contributed by atoms with Gasteiger partial charge in [-0.05, 0) is 39.0 Å². The van der Waals surface area contributed by atoms with Crippen molar-refractivity contribution in [1.29, 1.82) is 5.26 Å². The van der Waals surface area contributed by atoms with E-state index in [0.29, 0.717) is 28.8 Å². The van der Waals surface area contributed by atoms with Crippen LogP contribution in [0.2, 0.25) is 0 Å². The molecule has 0 aliphatic carbocycles. The molecular formula is C15H15N3O3. The summed E-state index contributed by atoms with van der Waals surface area (Å²) in [6, 6.07) is 6.64. The summed E-state index contributed by atoms with van der Waals surface area (Å²) in [5.74, 6) is -0.584. The molecule has 0 amide bonds. The number of ether oxygens (including phenoxy) is 1. The van der Waals surface area contributed by atoms with Crippen LogP contribution in [0, 0.1) is 18.3 Å². The van der Waals surface area contributed by atoms with Crippen LogP contribution in [0.15, 0.2) is 23.0 Å². The zero-order valence-corrected chi connectivity index (χ0v) is 12.1. The molecule has 1 aromatic carbocycles. The van der Waals surface area contributed by atoms with Crippen molar-refractivity contribution < 1.29 is 9.53 Å².